The lowest BCUT2D eigenvalue weighted by molar-refractivity contribution is 0.222. The van der Waals surface area contributed by atoms with Crippen molar-refractivity contribution in [2.75, 3.05) is 11.9 Å². The number of nitrogens with one attached hydrogen (secondary N) is 2. The van der Waals surface area contributed by atoms with Crippen molar-refractivity contribution in [3.05, 3.63) is 16.8 Å². The van der Waals surface area contributed by atoms with E-state index in [1.165, 1.54) is 11.3 Å². The number of amides is 2. The number of hydrogen-bond donors (Lipinski definition) is 3. The quantitative estimate of drug-likeness (QED) is 0.789. The van der Waals surface area contributed by atoms with Crippen molar-refractivity contribution in [3.63, 3.8) is 0 Å². The molecule has 2 amide bonds. The zero-order valence-corrected chi connectivity index (χ0v) is 11.9. The molecule has 0 saturated carbocycles. The highest BCUT2D eigenvalue weighted by atomic mass is 32.1. The predicted octanol–water partition coefficient (Wildman–Crippen LogP) is 2.16. The second-order valence-corrected chi connectivity index (χ2v) is 5.57. The van der Waals surface area contributed by atoms with E-state index in [2.05, 4.69) is 20.8 Å². The molecule has 3 N–H and O–H groups in total. The number of carbonyl (C=O) groups excluding carboxylic acids is 1. The predicted molar refractivity (Wildman–Crippen MR) is 76.5 cm³/mol. The van der Waals surface area contributed by atoms with Gasteiger partial charge in [-0.05, 0) is 17.9 Å². The van der Waals surface area contributed by atoms with Gasteiger partial charge in [-0.15, -0.1) is 10.2 Å². The smallest absolute Gasteiger partial charge is 0.321 e. The van der Waals surface area contributed by atoms with Crippen LogP contribution in [0.2, 0.25) is 0 Å². The van der Waals surface area contributed by atoms with Gasteiger partial charge < -0.3 is 10.4 Å². The molecule has 2 heterocycles. The maximum absolute atomic E-state index is 11.6. The molecule has 0 aromatic carbocycles. The molecule has 6 nitrogen and oxygen atoms in total. The van der Waals surface area contributed by atoms with Crippen molar-refractivity contribution in [1.29, 1.82) is 0 Å². The van der Waals surface area contributed by atoms with E-state index in [1.807, 2.05) is 23.8 Å². The molecular weight excluding hydrogens is 284 g/mol. The molecule has 0 radical (unpaired) electrons. The molecule has 0 aliphatic carbocycles. The van der Waals surface area contributed by atoms with Crippen molar-refractivity contribution in [1.82, 2.24) is 15.5 Å². The molecule has 8 heteroatoms. The molecule has 2 aromatic rings. The van der Waals surface area contributed by atoms with Gasteiger partial charge in [0, 0.05) is 10.9 Å². The zero-order chi connectivity index (χ0) is 13.7. The van der Waals surface area contributed by atoms with Crippen LogP contribution in [0.15, 0.2) is 16.8 Å². The van der Waals surface area contributed by atoms with Gasteiger partial charge in [0.15, 0.2) is 0 Å². The number of aromatic nitrogens is 2. The molecule has 1 unspecified atom stereocenters. The average molecular weight is 298 g/mol. The van der Waals surface area contributed by atoms with E-state index >= 15 is 0 Å². The van der Waals surface area contributed by atoms with Crippen LogP contribution in [0, 0.1) is 0 Å². The van der Waals surface area contributed by atoms with E-state index in [-0.39, 0.29) is 18.7 Å². The number of urea groups is 1. The van der Waals surface area contributed by atoms with Gasteiger partial charge in [0.2, 0.25) is 5.13 Å². The molecule has 0 bridgehead atoms. The van der Waals surface area contributed by atoms with Crippen LogP contribution in [0.5, 0.6) is 0 Å². The average Bonchev–Trinajstić information content (AvgIpc) is 3.06. The van der Waals surface area contributed by atoms with Crippen molar-refractivity contribution in [2.24, 2.45) is 0 Å². The van der Waals surface area contributed by atoms with Crippen molar-refractivity contribution < 1.29 is 9.90 Å². The van der Waals surface area contributed by atoms with Crippen LogP contribution in [-0.4, -0.2) is 34.0 Å². The summed E-state index contributed by atoms with van der Waals surface area (Å²) in [4.78, 5) is 11.6. The minimum absolute atomic E-state index is 0.0831. The van der Waals surface area contributed by atoms with E-state index in [0.717, 1.165) is 10.6 Å². The van der Waals surface area contributed by atoms with Crippen LogP contribution in [0.3, 0.4) is 0 Å². The van der Waals surface area contributed by atoms with Gasteiger partial charge in [-0.1, -0.05) is 18.3 Å². The summed E-state index contributed by atoms with van der Waals surface area (Å²) in [5, 5.41) is 27.3. The van der Waals surface area contributed by atoms with Gasteiger partial charge >= 0.3 is 6.03 Å². The lowest BCUT2D eigenvalue weighted by atomic mass is 10.2. The van der Waals surface area contributed by atoms with E-state index in [4.69, 9.17) is 5.11 Å². The van der Waals surface area contributed by atoms with Crippen molar-refractivity contribution in [3.8, 4) is 10.6 Å². The summed E-state index contributed by atoms with van der Waals surface area (Å²) in [6, 6.07) is 1.33. The normalized spacial score (nSPS) is 12.1. The number of rotatable bonds is 5. The standard InChI is InChI=1S/C11H14N4O2S2/c1-2-8(5-16)12-10(17)13-11-15-14-9(19-11)7-3-4-18-6-7/h3-4,6,8,16H,2,5H2,1H3,(H2,12,13,15,17). The molecule has 19 heavy (non-hydrogen) atoms. The third kappa shape index (κ3) is 3.72. The fourth-order valence-electron chi connectivity index (χ4n) is 1.37. The highest BCUT2D eigenvalue weighted by Crippen LogP contribution is 2.27. The summed E-state index contributed by atoms with van der Waals surface area (Å²) in [5.41, 5.74) is 0.998. The summed E-state index contributed by atoms with van der Waals surface area (Å²) in [5.74, 6) is 0. The molecule has 102 valence electrons. The number of anilines is 1. The third-order valence-electron chi connectivity index (χ3n) is 2.46. The highest BCUT2D eigenvalue weighted by molar-refractivity contribution is 7.19. The Morgan fingerprint density at radius 1 is 1.53 bits per heavy atom. The summed E-state index contributed by atoms with van der Waals surface area (Å²) in [6.45, 7) is 1.81. The minimum Gasteiger partial charge on any atom is -0.394 e. The van der Waals surface area contributed by atoms with E-state index in [1.54, 1.807) is 11.3 Å². The Balaban J connectivity index is 1.95. The first kappa shape index (κ1) is 13.9. The number of aliphatic hydroxyl groups is 1. The van der Waals surface area contributed by atoms with Gasteiger partial charge in [-0.2, -0.15) is 11.3 Å². The first-order valence-electron chi connectivity index (χ1n) is 5.77. The van der Waals surface area contributed by atoms with Crippen LogP contribution in [0.25, 0.3) is 10.6 Å². The summed E-state index contributed by atoms with van der Waals surface area (Å²) in [6.07, 6.45) is 0.667. The van der Waals surface area contributed by atoms with Gasteiger partial charge in [0.1, 0.15) is 5.01 Å². The van der Waals surface area contributed by atoms with E-state index in [9.17, 15) is 4.79 Å². The second-order valence-electron chi connectivity index (χ2n) is 3.81. The van der Waals surface area contributed by atoms with Crippen LogP contribution in [0.4, 0.5) is 9.93 Å². The lowest BCUT2D eigenvalue weighted by Crippen LogP contribution is -2.39. The first-order chi connectivity index (χ1) is 9.22. The summed E-state index contributed by atoms with van der Waals surface area (Å²) >= 11 is 2.89. The Labute approximate surface area is 118 Å². The molecule has 0 spiro atoms. The van der Waals surface area contributed by atoms with Gasteiger partial charge in [0.05, 0.1) is 12.6 Å². The van der Waals surface area contributed by atoms with Crippen molar-refractivity contribution in [2.45, 2.75) is 19.4 Å². The lowest BCUT2D eigenvalue weighted by Gasteiger charge is -2.13. The maximum atomic E-state index is 11.6. The first-order valence-corrected chi connectivity index (χ1v) is 7.53. The number of hydrogen-bond acceptors (Lipinski definition) is 6. The van der Waals surface area contributed by atoms with Crippen molar-refractivity contribution >= 4 is 33.8 Å². The van der Waals surface area contributed by atoms with Crippen LogP contribution in [-0.2, 0) is 0 Å². The fourth-order valence-corrected chi connectivity index (χ4v) is 2.82. The molecule has 0 saturated heterocycles. The summed E-state index contributed by atoms with van der Waals surface area (Å²) < 4.78 is 0. The molecule has 0 aliphatic heterocycles. The molecule has 1 atom stereocenters. The number of aliphatic hydroxyl groups excluding tert-OH is 1. The number of nitrogens with zero attached hydrogens (tertiary/aromatic N) is 2. The monoisotopic (exact) mass is 298 g/mol. The maximum Gasteiger partial charge on any atom is 0.321 e. The second kappa shape index (κ2) is 6.60. The van der Waals surface area contributed by atoms with Gasteiger partial charge in [0.25, 0.3) is 0 Å². The summed E-state index contributed by atoms with van der Waals surface area (Å²) in [7, 11) is 0. The largest absolute Gasteiger partial charge is 0.394 e. The number of carbonyl (C=O) groups is 1. The Morgan fingerprint density at radius 2 is 2.37 bits per heavy atom. The Hall–Kier alpha value is -1.51. The van der Waals surface area contributed by atoms with Gasteiger partial charge in [-0.25, -0.2) is 4.79 Å². The zero-order valence-electron chi connectivity index (χ0n) is 10.3. The SMILES string of the molecule is CCC(CO)NC(=O)Nc1nnc(-c2ccsc2)s1. The van der Waals surface area contributed by atoms with E-state index in [0.29, 0.717) is 11.6 Å². The molecule has 0 aliphatic rings. The van der Waals surface area contributed by atoms with E-state index < -0.39 is 0 Å². The third-order valence-corrected chi connectivity index (χ3v) is 4.03. The van der Waals surface area contributed by atoms with Crippen LogP contribution < -0.4 is 10.6 Å². The van der Waals surface area contributed by atoms with Crippen LogP contribution >= 0.6 is 22.7 Å². The minimum atomic E-state index is -0.381. The number of thiophene rings is 1. The molecular formula is C11H14N4O2S2. The van der Waals surface area contributed by atoms with Gasteiger partial charge in [-0.3, -0.25) is 5.32 Å². The topological polar surface area (TPSA) is 87.1 Å². The Morgan fingerprint density at radius 3 is 3.00 bits per heavy atom. The Bertz CT molecular complexity index is 523. The molecule has 2 rings (SSSR count). The molecule has 0 fully saturated rings. The Kier molecular flexibility index (Phi) is 4.83. The highest BCUT2D eigenvalue weighted by Gasteiger charge is 2.12. The molecule has 2 aromatic heterocycles. The fraction of sp³-hybridized carbons (Fsp3) is 0.364. The van der Waals surface area contributed by atoms with Crippen LogP contribution in [0.1, 0.15) is 13.3 Å².